The quantitative estimate of drug-likeness (QED) is 0.286. The van der Waals surface area contributed by atoms with Gasteiger partial charge in [0, 0.05) is 5.70 Å². The number of hydrogen-bond acceptors (Lipinski definition) is 1. The van der Waals surface area contributed by atoms with Crippen LogP contribution in [0.1, 0.15) is 167 Å². The Balaban J connectivity index is 0.000000478. The van der Waals surface area contributed by atoms with Crippen LogP contribution in [0.15, 0.2) is 47.2 Å². The van der Waals surface area contributed by atoms with Crippen molar-refractivity contribution in [2.24, 2.45) is 63.9 Å². The lowest BCUT2D eigenvalue weighted by atomic mass is 9.44. The molecule has 9 atom stereocenters. The number of fused-ring (bicyclic) bond motifs is 5. The molecule has 254 valence electrons. The summed E-state index contributed by atoms with van der Waals surface area (Å²) in [5.74, 6) is 7.23. The van der Waals surface area contributed by atoms with Crippen LogP contribution in [-0.4, -0.2) is 0 Å². The predicted octanol–water partition coefficient (Wildman–Crippen LogP) is 13.5. The highest BCUT2D eigenvalue weighted by Crippen LogP contribution is 2.68. The molecular weight excluding hydrogens is 530 g/mol. The highest BCUT2D eigenvalue weighted by molar-refractivity contribution is 5.27. The maximum Gasteiger partial charge on any atom is 0.0113 e. The van der Waals surface area contributed by atoms with Crippen LogP contribution < -0.4 is 5.73 Å². The predicted molar refractivity (Wildman–Crippen MR) is 198 cm³/mol. The summed E-state index contributed by atoms with van der Waals surface area (Å²) in [7, 11) is 0. The van der Waals surface area contributed by atoms with Gasteiger partial charge in [-0.2, -0.15) is 0 Å². The van der Waals surface area contributed by atoms with E-state index in [0.717, 1.165) is 65.9 Å². The van der Waals surface area contributed by atoms with Crippen molar-refractivity contribution >= 4 is 0 Å². The van der Waals surface area contributed by atoms with Crippen molar-refractivity contribution in [2.75, 3.05) is 0 Å². The molecule has 9 unspecified atom stereocenters. The van der Waals surface area contributed by atoms with Crippen molar-refractivity contribution in [3.05, 3.63) is 47.2 Å². The molecule has 0 aromatic rings. The van der Waals surface area contributed by atoms with E-state index in [-0.39, 0.29) is 0 Å². The highest BCUT2D eigenvalue weighted by atomic mass is 14.6. The van der Waals surface area contributed by atoms with Crippen LogP contribution in [0.5, 0.6) is 0 Å². The summed E-state index contributed by atoms with van der Waals surface area (Å²) >= 11 is 0. The third kappa shape index (κ3) is 8.97. The van der Waals surface area contributed by atoms with Gasteiger partial charge in [-0.05, 0) is 142 Å². The summed E-state index contributed by atoms with van der Waals surface area (Å²) < 4.78 is 0. The van der Waals surface area contributed by atoms with Crippen molar-refractivity contribution < 1.29 is 0 Å². The fourth-order valence-electron chi connectivity index (χ4n) is 10.6. The molecule has 1 heteroatoms. The minimum Gasteiger partial charge on any atom is -0.402 e. The third-order valence-electron chi connectivity index (χ3n) is 12.8. The first-order chi connectivity index (χ1) is 20.9. The Labute approximate surface area is 277 Å². The molecule has 3 fully saturated rings. The second-order valence-corrected chi connectivity index (χ2v) is 16.2. The van der Waals surface area contributed by atoms with E-state index < -0.39 is 0 Å². The third-order valence-corrected chi connectivity index (χ3v) is 12.8. The van der Waals surface area contributed by atoms with Crippen LogP contribution in [0.2, 0.25) is 0 Å². The molecule has 0 spiro atoms. The highest BCUT2D eigenvalue weighted by Gasteiger charge is 2.60. The Morgan fingerprint density at radius 3 is 2.23 bits per heavy atom. The first kappa shape index (κ1) is 38.9. The number of rotatable bonds is 7. The van der Waals surface area contributed by atoms with E-state index >= 15 is 0 Å². The van der Waals surface area contributed by atoms with Crippen LogP contribution in [0.3, 0.4) is 0 Å². The van der Waals surface area contributed by atoms with Gasteiger partial charge in [-0.3, -0.25) is 0 Å². The Hall–Kier alpha value is -1.24. The van der Waals surface area contributed by atoms with Crippen LogP contribution >= 0.6 is 0 Å². The van der Waals surface area contributed by atoms with Gasteiger partial charge in [0.15, 0.2) is 0 Å². The molecule has 0 bridgehead atoms. The van der Waals surface area contributed by atoms with Crippen LogP contribution in [0, 0.1) is 58.2 Å². The second-order valence-electron chi connectivity index (χ2n) is 16.2. The molecule has 0 aromatic heterocycles. The number of nitrogens with two attached hydrogens (primary N) is 1. The molecular formula is C43H77N. The zero-order valence-electron chi connectivity index (χ0n) is 31.8. The smallest absolute Gasteiger partial charge is 0.0113 e. The maximum atomic E-state index is 5.61. The molecule has 5 aliphatic carbocycles. The molecule has 5 aliphatic rings. The fourth-order valence-corrected chi connectivity index (χ4v) is 10.6. The first-order valence-electron chi connectivity index (χ1n) is 19.3. The van der Waals surface area contributed by atoms with Gasteiger partial charge in [0.2, 0.25) is 0 Å². The average Bonchev–Trinajstić information content (AvgIpc) is 3.34. The molecule has 0 aliphatic heterocycles. The van der Waals surface area contributed by atoms with Gasteiger partial charge in [-0.25, -0.2) is 0 Å². The van der Waals surface area contributed by atoms with Crippen LogP contribution in [0.25, 0.3) is 0 Å². The van der Waals surface area contributed by atoms with Gasteiger partial charge in [-0.15, -0.1) is 6.58 Å². The summed E-state index contributed by atoms with van der Waals surface area (Å²) in [6, 6.07) is 0. The van der Waals surface area contributed by atoms with Crippen molar-refractivity contribution in [2.45, 2.75) is 167 Å². The second kappa shape index (κ2) is 17.6. The van der Waals surface area contributed by atoms with Gasteiger partial charge in [-0.1, -0.05) is 118 Å². The zero-order chi connectivity index (χ0) is 33.2. The summed E-state index contributed by atoms with van der Waals surface area (Å²) in [5, 5.41) is 0. The maximum absolute atomic E-state index is 5.61. The molecule has 0 aromatic carbocycles. The molecule has 44 heavy (non-hydrogen) atoms. The molecule has 3 saturated carbocycles. The molecule has 0 radical (unpaired) electrons. The first-order valence-corrected chi connectivity index (χ1v) is 19.3. The van der Waals surface area contributed by atoms with Gasteiger partial charge in [0.05, 0.1) is 0 Å². The largest absolute Gasteiger partial charge is 0.402 e. The lowest BCUT2D eigenvalue weighted by Gasteiger charge is -2.60. The Morgan fingerprint density at radius 1 is 0.977 bits per heavy atom. The van der Waals surface area contributed by atoms with E-state index in [1.807, 2.05) is 40.2 Å². The summed E-state index contributed by atoms with van der Waals surface area (Å²) in [6.07, 6.45) is 25.0. The van der Waals surface area contributed by atoms with Crippen molar-refractivity contribution in [3.63, 3.8) is 0 Å². The average molecular weight is 608 g/mol. The lowest BCUT2D eigenvalue weighted by Crippen LogP contribution is -2.52. The van der Waals surface area contributed by atoms with E-state index in [2.05, 4.69) is 73.3 Å². The van der Waals surface area contributed by atoms with Crippen molar-refractivity contribution in [3.8, 4) is 0 Å². The van der Waals surface area contributed by atoms with Crippen molar-refractivity contribution in [1.82, 2.24) is 0 Å². The molecule has 0 amide bonds. The van der Waals surface area contributed by atoms with E-state index in [1.54, 1.807) is 0 Å². The van der Waals surface area contributed by atoms with Gasteiger partial charge in [0.25, 0.3) is 0 Å². The zero-order valence-corrected chi connectivity index (χ0v) is 31.8. The SMILES string of the molecule is C=C(C)CC1CCC2(C)C(=CC(C)C3C2CCC2(C)C(C(C)CCCC(C)C)CCC32)C1.CC.CC.CC1=C(N)CCC=C1. The summed E-state index contributed by atoms with van der Waals surface area (Å²) in [4.78, 5) is 0. The number of allylic oxidation sites excluding steroid dienone is 7. The monoisotopic (exact) mass is 608 g/mol. The van der Waals surface area contributed by atoms with Gasteiger partial charge < -0.3 is 5.73 Å². The molecule has 0 saturated heterocycles. The summed E-state index contributed by atoms with van der Waals surface area (Å²) in [6.45, 7) is 31.9. The molecule has 5 rings (SSSR count). The Bertz CT molecular complexity index is 979. The topological polar surface area (TPSA) is 26.0 Å². The summed E-state index contributed by atoms with van der Waals surface area (Å²) in [5.41, 5.74) is 12.2. The van der Waals surface area contributed by atoms with Crippen molar-refractivity contribution in [1.29, 1.82) is 0 Å². The van der Waals surface area contributed by atoms with Crippen LogP contribution in [0.4, 0.5) is 0 Å². The van der Waals surface area contributed by atoms with E-state index in [9.17, 15) is 0 Å². The molecule has 1 nitrogen and oxygen atoms in total. The molecule has 2 N–H and O–H groups in total. The van der Waals surface area contributed by atoms with Crippen LogP contribution in [-0.2, 0) is 0 Å². The van der Waals surface area contributed by atoms with E-state index in [1.165, 1.54) is 81.8 Å². The van der Waals surface area contributed by atoms with E-state index in [4.69, 9.17) is 5.73 Å². The molecule has 0 heterocycles. The normalized spacial score (nSPS) is 36.2. The Morgan fingerprint density at radius 2 is 1.66 bits per heavy atom. The van der Waals surface area contributed by atoms with E-state index in [0.29, 0.717) is 10.8 Å². The lowest BCUT2D eigenvalue weighted by molar-refractivity contribution is -0.0691. The van der Waals surface area contributed by atoms with Gasteiger partial charge >= 0.3 is 0 Å². The minimum atomic E-state index is 0.491. The Kier molecular flexibility index (Phi) is 15.6. The fraction of sp³-hybridized carbons (Fsp3) is 0.814. The van der Waals surface area contributed by atoms with Gasteiger partial charge in [0.1, 0.15) is 0 Å². The number of hydrogen-bond donors (Lipinski definition) is 1. The minimum absolute atomic E-state index is 0.491. The standard InChI is InChI=1S/C32H54.C7H11N.2C2H6/c1-21(2)10-9-11-23(5)27-12-13-28-30-24(6)19-26-20-25(18-22(3)4)14-16-31(26,7)29(30)15-17-32(27,28)8;1-6-4-2-3-5-7(6)8;2*1-2/h19,21,23-25,27-30H,3,9-18,20H2,1-2,4-8H3;2,4H,3,5,8H2,1H3;2*1-2H3.